The van der Waals surface area contributed by atoms with Gasteiger partial charge in [-0.05, 0) is 30.6 Å². The lowest BCUT2D eigenvalue weighted by molar-refractivity contribution is -0.110. The van der Waals surface area contributed by atoms with Gasteiger partial charge in [-0.25, -0.2) is 0 Å². The molecule has 0 amide bonds. The van der Waals surface area contributed by atoms with Crippen LogP contribution in [0.25, 0.3) is 0 Å². The molecule has 2 aliphatic carbocycles. The zero-order valence-electron chi connectivity index (χ0n) is 11.5. The third-order valence-corrected chi connectivity index (χ3v) is 5.83. The third-order valence-electron chi connectivity index (χ3n) is 5.83. The highest BCUT2D eigenvalue weighted by Gasteiger charge is 2.57. The number of aliphatic hydroxyl groups is 2. The first-order valence-corrected chi connectivity index (χ1v) is 7.17. The third kappa shape index (κ3) is 1.54. The largest absolute Gasteiger partial charge is 0.389 e. The molecular formula is C15H24O3. The van der Waals surface area contributed by atoms with Gasteiger partial charge in [-0.1, -0.05) is 32.4 Å². The first-order chi connectivity index (χ1) is 8.44. The van der Waals surface area contributed by atoms with Gasteiger partial charge in [0.15, 0.2) is 6.29 Å². The molecule has 0 bridgehead atoms. The molecule has 0 aromatic carbocycles. The summed E-state index contributed by atoms with van der Waals surface area (Å²) in [7, 11) is 0. The Balaban J connectivity index is 2.02. The summed E-state index contributed by atoms with van der Waals surface area (Å²) in [6.07, 6.45) is 4.15. The maximum absolute atomic E-state index is 9.98. The number of rotatable bonds is 0. The molecule has 3 heteroatoms. The first-order valence-electron chi connectivity index (χ1n) is 7.17. The average Bonchev–Trinajstić information content (AvgIpc) is 2.58. The van der Waals surface area contributed by atoms with Crippen molar-refractivity contribution in [2.75, 3.05) is 0 Å². The molecule has 0 aromatic rings. The highest BCUT2D eigenvalue weighted by molar-refractivity contribution is 5.26. The second-order valence-electron chi connectivity index (χ2n) is 6.67. The fraction of sp³-hybridized carbons (Fsp3) is 0.867. The van der Waals surface area contributed by atoms with Gasteiger partial charge < -0.3 is 14.9 Å². The Morgan fingerprint density at radius 2 is 2.06 bits per heavy atom. The van der Waals surface area contributed by atoms with Crippen molar-refractivity contribution in [2.24, 2.45) is 23.2 Å². The molecule has 3 rings (SSSR count). The van der Waals surface area contributed by atoms with Gasteiger partial charge in [0.2, 0.25) is 0 Å². The Labute approximate surface area is 109 Å². The Morgan fingerprint density at radius 1 is 1.33 bits per heavy atom. The smallest absolute Gasteiger partial charge is 0.157 e. The Morgan fingerprint density at radius 3 is 2.78 bits per heavy atom. The minimum absolute atomic E-state index is 0.0824. The number of allylic oxidation sites excluding steroid dienone is 1. The van der Waals surface area contributed by atoms with Gasteiger partial charge in [-0.2, -0.15) is 0 Å². The van der Waals surface area contributed by atoms with Crippen molar-refractivity contribution in [3.8, 4) is 0 Å². The Bertz CT molecular complexity index is 378. The Kier molecular flexibility index (Phi) is 2.85. The molecule has 0 aromatic heterocycles. The molecular weight excluding hydrogens is 228 g/mol. The van der Waals surface area contributed by atoms with E-state index in [2.05, 4.69) is 26.8 Å². The lowest BCUT2D eigenvalue weighted by atomic mass is 9.52. The Hall–Kier alpha value is -0.380. The van der Waals surface area contributed by atoms with Crippen molar-refractivity contribution < 1.29 is 14.9 Å². The lowest BCUT2D eigenvalue weighted by Crippen LogP contribution is -2.48. The number of hydrogen-bond donors (Lipinski definition) is 2. The SMILES string of the molecule is C[C@H]1[C@H]2[C@H](CCC3=C[C@H](O)C[C@H](C)[C@]32C)O[C@@H]1O. The molecule has 18 heavy (non-hydrogen) atoms. The molecule has 3 aliphatic rings. The van der Waals surface area contributed by atoms with Crippen LogP contribution in [-0.4, -0.2) is 28.7 Å². The van der Waals surface area contributed by atoms with Gasteiger partial charge in [0.1, 0.15) is 0 Å². The van der Waals surface area contributed by atoms with E-state index in [9.17, 15) is 10.2 Å². The van der Waals surface area contributed by atoms with E-state index >= 15 is 0 Å². The summed E-state index contributed by atoms with van der Waals surface area (Å²) in [6, 6.07) is 0. The summed E-state index contributed by atoms with van der Waals surface area (Å²) in [5, 5.41) is 19.9. The van der Waals surface area contributed by atoms with Gasteiger partial charge in [-0.15, -0.1) is 0 Å². The summed E-state index contributed by atoms with van der Waals surface area (Å²) in [5.74, 6) is 1.01. The van der Waals surface area contributed by atoms with E-state index in [4.69, 9.17) is 4.74 Å². The van der Waals surface area contributed by atoms with Crippen LogP contribution in [0.4, 0.5) is 0 Å². The molecule has 1 heterocycles. The van der Waals surface area contributed by atoms with Crippen molar-refractivity contribution in [3.63, 3.8) is 0 Å². The number of aliphatic hydroxyl groups excluding tert-OH is 2. The molecule has 2 N–H and O–H groups in total. The zero-order chi connectivity index (χ0) is 13.1. The second-order valence-corrected chi connectivity index (χ2v) is 6.67. The minimum atomic E-state index is -0.616. The van der Waals surface area contributed by atoms with E-state index < -0.39 is 6.29 Å². The summed E-state index contributed by atoms with van der Waals surface area (Å²) in [5.41, 5.74) is 1.47. The van der Waals surface area contributed by atoms with Crippen LogP contribution < -0.4 is 0 Å². The van der Waals surface area contributed by atoms with Crippen LogP contribution in [0.15, 0.2) is 11.6 Å². The molecule has 0 radical (unpaired) electrons. The van der Waals surface area contributed by atoms with Crippen LogP contribution in [0.1, 0.15) is 40.0 Å². The van der Waals surface area contributed by atoms with Crippen molar-refractivity contribution in [3.05, 3.63) is 11.6 Å². The van der Waals surface area contributed by atoms with Gasteiger partial charge in [0, 0.05) is 11.8 Å². The van der Waals surface area contributed by atoms with Crippen molar-refractivity contribution >= 4 is 0 Å². The van der Waals surface area contributed by atoms with Crippen molar-refractivity contribution in [1.82, 2.24) is 0 Å². The molecule has 1 aliphatic heterocycles. The molecule has 2 fully saturated rings. The predicted octanol–water partition coefficient (Wildman–Crippen LogP) is 2.08. The zero-order valence-corrected chi connectivity index (χ0v) is 11.5. The van der Waals surface area contributed by atoms with Crippen LogP contribution >= 0.6 is 0 Å². The molecule has 1 saturated heterocycles. The van der Waals surface area contributed by atoms with E-state index in [0.29, 0.717) is 11.8 Å². The minimum Gasteiger partial charge on any atom is -0.389 e. The summed E-state index contributed by atoms with van der Waals surface area (Å²) < 4.78 is 5.73. The summed E-state index contributed by atoms with van der Waals surface area (Å²) >= 11 is 0. The summed E-state index contributed by atoms with van der Waals surface area (Å²) in [6.45, 7) is 6.64. The van der Waals surface area contributed by atoms with E-state index in [1.165, 1.54) is 5.57 Å². The number of ether oxygens (including phenoxy) is 1. The highest BCUT2D eigenvalue weighted by atomic mass is 16.6. The van der Waals surface area contributed by atoms with Crippen molar-refractivity contribution in [1.29, 1.82) is 0 Å². The first kappa shape index (κ1) is 12.6. The van der Waals surface area contributed by atoms with Gasteiger partial charge >= 0.3 is 0 Å². The van der Waals surface area contributed by atoms with Crippen LogP contribution in [0.5, 0.6) is 0 Å². The number of hydrogen-bond acceptors (Lipinski definition) is 3. The van der Waals surface area contributed by atoms with Crippen LogP contribution in [0, 0.1) is 23.2 Å². The monoisotopic (exact) mass is 252 g/mol. The van der Waals surface area contributed by atoms with E-state index in [0.717, 1.165) is 19.3 Å². The van der Waals surface area contributed by atoms with Crippen LogP contribution in [0.3, 0.4) is 0 Å². The molecule has 7 atom stereocenters. The van der Waals surface area contributed by atoms with Crippen LogP contribution in [0.2, 0.25) is 0 Å². The van der Waals surface area contributed by atoms with Gasteiger partial charge in [0.05, 0.1) is 12.2 Å². The van der Waals surface area contributed by atoms with E-state index in [1.807, 2.05) is 0 Å². The van der Waals surface area contributed by atoms with Gasteiger partial charge in [-0.3, -0.25) is 0 Å². The molecule has 1 saturated carbocycles. The fourth-order valence-corrected chi connectivity index (χ4v) is 4.68. The molecule has 0 unspecified atom stereocenters. The van der Waals surface area contributed by atoms with Crippen LogP contribution in [-0.2, 0) is 4.74 Å². The van der Waals surface area contributed by atoms with Gasteiger partial charge in [0.25, 0.3) is 0 Å². The molecule has 0 spiro atoms. The summed E-state index contributed by atoms with van der Waals surface area (Å²) in [4.78, 5) is 0. The molecule has 3 nitrogen and oxygen atoms in total. The average molecular weight is 252 g/mol. The van der Waals surface area contributed by atoms with E-state index in [-0.39, 0.29) is 23.5 Å². The highest BCUT2D eigenvalue weighted by Crippen LogP contribution is 2.59. The topological polar surface area (TPSA) is 49.7 Å². The maximum Gasteiger partial charge on any atom is 0.157 e. The number of fused-ring (bicyclic) bond motifs is 3. The normalized spacial score (nSPS) is 55.7. The second kappa shape index (κ2) is 4.06. The standard InChI is InChI=1S/C15H24O3/c1-8-6-11(16)7-10-4-5-12-13(15(8,10)3)9(2)14(17)18-12/h7-9,11-14,16-17H,4-6H2,1-3H3/t8-,9-,11+,12-,13-,14-,15+/m0/s1. The molecule has 102 valence electrons. The fourth-order valence-electron chi connectivity index (χ4n) is 4.68. The van der Waals surface area contributed by atoms with E-state index in [1.54, 1.807) is 0 Å². The maximum atomic E-state index is 9.98. The lowest BCUT2D eigenvalue weighted by Gasteiger charge is -2.52. The van der Waals surface area contributed by atoms with Crippen molar-refractivity contribution in [2.45, 2.75) is 58.5 Å². The predicted molar refractivity (Wildman–Crippen MR) is 68.7 cm³/mol. The quantitative estimate of drug-likeness (QED) is 0.649.